The lowest BCUT2D eigenvalue weighted by molar-refractivity contribution is -0.142. The number of hydrogen-bond acceptors (Lipinski definition) is 5. The van der Waals surface area contributed by atoms with Crippen molar-refractivity contribution in [1.29, 1.82) is 0 Å². The molecule has 1 amide bonds. The molecule has 0 fully saturated rings. The van der Waals surface area contributed by atoms with E-state index < -0.39 is 18.5 Å². The fourth-order valence-corrected chi connectivity index (χ4v) is 2.43. The molecule has 0 saturated carbocycles. The van der Waals surface area contributed by atoms with Crippen LogP contribution in [0.15, 0.2) is 42.5 Å². The van der Waals surface area contributed by atoms with Gasteiger partial charge in [-0.3, -0.25) is 4.79 Å². The SMILES string of the molecule is COc1ccc(C=CC(=O)OCC(=O)Nc2cccc(Cl)c2Cl)c(OC)c1. The Morgan fingerprint density at radius 2 is 1.89 bits per heavy atom. The maximum atomic E-state index is 11.9. The first-order valence-electron chi connectivity index (χ1n) is 7.75. The number of amides is 1. The topological polar surface area (TPSA) is 73.9 Å². The summed E-state index contributed by atoms with van der Waals surface area (Å²) in [5, 5.41) is 3.04. The Balaban J connectivity index is 1.91. The van der Waals surface area contributed by atoms with Gasteiger partial charge in [-0.15, -0.1) is 0 Å². The second-order valence-corrected chi connectivity index (χ2v) is 5.98. The summed E-state index contributed by atoms with van der Waals surface area (Å²) in [6.45, 7) is -0.467. The monoisotopic (exact) mass is 409 g/mol. The Morgan fingerprint density at radius 1 is 1.11 bits per heavy atom. The summed E-state index contributed by atoms with van der Waals surface area (Å²) in [7, 11) is 3.05. The number of ether oxygens (including phenoxy) is 3. The lowest BCUT2D eigenvalue weighted by Gasteiger charge is -2.08. The summed E-state index contributed by atoms with van der Waals surface area (Å²) in [6, 6.07) is 9.97. The standard InChI is InChI=1S/C19H17Cl2NO5/c1-25-13-8-6-12(16(10-13)26-2)7-9-18(24)27-11-17(23)22-15-5-3-4-14(20)19(15)21/h3-10H,11H2,1-2H3,(H,22,23). The predicted molar refractivity (Wildman–Crippen MR) is 105 cm³/mol. The van der Waals surface area contributed by atoms with Gasteiger partial charge in [-0.25, -0.2) is 4.79 Å². The number of carbonyl (C=O) groups is 2. The summed E-state index contributed by atoms with van der Waals surface area (Å²) >= 11 is 11.9. The van der Waals surface area contributed by atoms with Crippen LogP contribution in [-0.4, -0.2) is 32.7 Å². The second kappa shape index (κ2) is 9.85. The average Bonchev–Trinajstić information content (AvgIpc) is 2.68. The number of esters is 1. The Kier molecular flexibility index (Phi) is 7.52. The number of methoxy groups -OCH3 is 2. The Morgan fingerprint density at radius 3 is 2.59 bits per heavy atom. The van der Waals surface area contributed by atoms with Crippen LogP contribution in [0.3, 0.4) is 0 Å². The second-order valence-electron chi connectivity index (χ2n) is 5.20. The minimum atomic E-state index is -0.680. The molecule has 0 unspecified atom stereocenters. The fraction of sp³-hybridized carbons (Fsp3) is 0.158. The third kappa shape index (κ3) is 5.91. The highest BCUT2D eigenvalue weighted by Crippen LogP contribution is 2.29. The molecule has 0 spiro atoms. The molecule has 0 aliphatic heterocycles. The summed E-state index contributed by atoms with van der Waals surface area (Å²) in [4.78, 5) is 23.7. The lowest BCUT2D eigenvalue weighted by Crippen LogP contribution is -2.20. The van der Waals surface area contributed by atoms with E-state index in [9.17, 15) is 9.59 Å². The fourth-order valence-electron chi connectivity index (χ4n) is 2.09. The van der Waals surface area contributed by atoms with Crippen molar-refractivity contribution >= 4 is 46.8 Å². The van der Waals surface area contributed by atoms with Gasteiger partial charge in [0.25, 0.3) is 5.91 Å². The van der Waals surface area contributed by atoms with Gasteiger partial charge in [0, 0.05) is 17.7 Å². The van der Waals surface area contributed by atoms with Crippen LogP contribution in [0.25, 0.3) is 6.08 Å². The zero-order valence-electron chi connectivity index (χ0n) is 14.6. The molecule has 0 bridgehead atoms. The van der Waals surface area contributed by atoms with E-state index in [0.29, 0.717) is 27.8 Å². The molecule has 0 radical (unpaired) electrons. The van der Waals surface area contributed by atoms with Crippen LogP contribution in [0.5, 0.6) is 11.5 Å². The first-order chi connectivity index (χ1) is 12.9. The van der Waals surface area contributed by atoms with Gasteiger partial charge in [-0.1, -0.05) is 29.3 Å². The molecule has 6 nitrogen and oxygen atoms in total. The quantitative estimate of drug-likeness (QED) is 0.547. The molecule has 0 aromatic heterocycles. The first-order valence-corrected chi connectivity index (χ1v) is 8.51. The van der Waals surface area contributed by atoms with E-state index in [1.165, 1.54) is 19.3 Å². The number of carbonyl (C=O) groups excluding carboxylic acids is 2. The van der Waals surface area contributed by atoms with Gasteiger partial charge in [-0.2, -0.15) is 0 Å². The highest BCUT2D eigenvalue weighted by molar-refractivity contribution is 6.44. The highest BCUT2D eigenvalue weighted by Gasteiger charge is 2.10. The molecule has 2 rings (SSSR count). The molecular weight excluding hydrogens is 393 g/mol. The third-order valence-corrected chi connectivity index (χ3v) is 4.23. The third-order valence-electron chi connectivity index (χ3n) is 3.41. The van der Waals surface area contributed by atoms with Gasteiger partial charge in [0.05, 0.1) is 30.0 Å². The number of nitrogens with one attached hydrogen (secondary N) is 1. The van der Waals surface area contributed by atoms with Crippen molar-refractivity contribution in [2.24, 2.45) is 0 Å². The Hall–Kier alpha value is -2.70. The van der Waals surface area contributed by atoms with Crippen molar-refractivity contribution in [3.8, 4) is 11.5 Å². The van der Waals surface area contributed by atoms with Crippen molar-refractivity contribution in [3.05, 3.63) is 58.1 Å². The van der Waals surface area contributed by atoms with E-state index in [1.807, 2.05) is 0 Å². The van der Waals surface area contributed by atoms with Gasteiger partial charge in [0.1, 0.15) is 11.5 Å². The largest absolute Gasteiger partial charge is 0.497 e. The summed E-state index contributed by atoms with van der Waals surface area (Å²) in [5.41, 5.74) is 0.995. The molecule has 8 heteroatoms. The van der Waals surface area contributed by atoms with Gasteiger partial charge in [0.15, 0.2) is 6.61 Å². The van der Waals surface area contributed by atoms with Crippen LogP contribution < -0.4 is 14.8 Å². The first kappa shape index (κ1) is 20.6. The zero-order chi connectivity index (χ0) is 19.8. The van der Waals surface area contributed by atoms with Crippen molar-refractivity contribution in [3.63, 3.8) is 0 Å². The molecular formula is C19H17Cl2NO5. The molecule has 0 aliphatic rings. The molecule has 142 valence electrons. The number of hydrogen-bond donors (Lipinski definition) is 1. The maximum absolute atomic E-state index is 11.9. The molecule has 27 heavy (non-hydrogen) atoms. The van der Waals surface area contributed by atoms with E-state index in [1.54, 1.807) is 43.5 Å². The van der Waals surface area contributed by atoms with Gasteiger partial charge >= 0.3 is 5.97 Å². The van der Waals surface area contributed by atoms with E-state index in [4.69, 9.17) is 37.4 Å². The van der Waals surface area contributed by atoms with E-state index in [0.717, 1.165) is 0 Å². The van der Waals surface area contributed by atoms with Crippen molar-refractivity contribution in [2.75, 3.05) is 26.1 Å². The van der Waals surface area contributed by atoms with E-state index >= 15 is 0 Å². The van der Waals surface area contributed by atoms with Gasteiger partial charge in [0.2, 0.25) is 0 Å². The number of rotatable bonds is 7. The van der Waals surface area contributed by atoms with Crippen molar-refractivity contribution in [1.82, 2.24) is 0 Å². The van der Waals surface area contributed by atoms with Crippen molar-refractivity contribution < 1.29 is 23.8 Å². The Labute approximate surface area is 166 Å². The summed E-state index contributed by atoms with van der Waals surface area (Å²) in [5.74, 6) is -0.0576. The summed E-state index contributed by atoms with van der Waals surface area (Å²) < 4.78 is 15.3. The average molecular weight is 410 g/mol. The number of halogens is 2. The van der Waals surface area contributed by atoms with E-state index in [2.05, 4.69) is 5.32 Å². The molecule has 2 aromatic carbocycles. The summed E-state index contributed by atoms with van der Waals surface area (Å²) in [6.07, 6.45) is 2.72. The molecule has 0 heterocycles. The number of anilines is 1. The molecule has 0 aliphatic carbocycles. The normalized spacial score (nSPS) is 10.5. The Bertz CT molecular complexity index is 867. The number of benzene rings is 2. The minimum absolute atomic E-state index is 0.213. The van der Waals surface area contributed by atoms with Crippen LogP contribution in [-0.2, 0) is 14.3 Å². The highest BCUT2D eigenvalue weighted by atomic mass is 35.5. The lowest BCUT2D eigenvalue weighted by atomic mass is 10.2. The maximum Gasteiger partial charge on any atom is 0.331 e. The molecule has 0 saturated heterocycles. The zero-order valence-corrected chi connectivity index (χ0v) is 16.1. The van der Waals surface area contributed by atoms with Crippen LogP contribution >= 0.6 is 23.2 Å². The van der Waals surface area contributed by atoms with Crippen LogP contribution in [0.1, 0.15) is 5.56 Å². The molecule has 1 N–H and O–H groups in total. The van der Waals surface area contributed by atoms with Gasteiger partial charge in [-0.05, 0) is 30.3 Å². The van der Waals surface area contributed by atoms with Crippen LogP contribution in [0, 0.1) is 0 Å². The van der Waals surface area contributed by atoms with E-state index in [-0.39, 0.29) is 5.02 Å². The molecule has 0 atom stereocenters. The molecule has 2 aromatic rings. The smallest absolute Gasteiger partial charge is 0.331 e. The van der Waals surface area contributed by atoms with Crippen LogP contribution in [0.2, 0.25) is 10.0 Å². The van der Waals surface area contributed by atoms with Crippen LogP contribution in [0.4, 0.5) is 5.69 Å². The van der Waals surface area contributed by atoms with Crippen molar-refractivity contribution in [2.45, 2.75) is 0 Å². The minimum Gasteiger partial charge on any atom is -0.497 e. The van der Waals surface area contributed by atoms with Gasteiger partial charge < -0.3 is 19.5 Å². The predicted octanol–water partition coefficient (Wildman–Crippen LogP) is 4.21.